The van der Waals surface area contributed by atoms with E-state index in [1.165, 1.54) is 6.92 Å². The Balaban J connectivity index is 2.09. The van der Waals surface area contributed by atoms with Gasteiger partial charge in [-0.05, 0) is 37.2 Å². The van der Waals surface area contributed by atoms with Crippen molar-refractivity contribution in [2.45, 2.75) is 79.6 Å². The van der Waals surface area contributed by atoms with Gasteiger partial charge in [-0.15, -0.1) is 23.5 Å². The summed E-state index contributed by atoms with van der Waals surface area (Å²) in [5.74, 6) is -0.361. The van der Waals surface area contributed by atoms with Gasteiger partial charge in [0.15, 0.2) is 8.32 Å². The molecule has 1 N–H and O–H groups in total. The van der Waals surface area contributed by atoms with E-state index in [0.717, 1.165) is 4.90 Å². The molecule has 1 aromatic carbocycles. The van der Waals surface area contributed by atoms with Gasteiger partial charge in [0.05, 0.1) is 11.5 Å². The Kier molecular flexibility index (Phi) is 7.96. The molecular formula is C24H34N2O5S2Si. The van der Waals surface area contributed by atoms with Crippen molar-refractivity contribution in [1.82, 2.24) is 9.55 Å². The fourth-order valence-electron chi connectivity index (χ4n) is 3.49. The van der Waals surface area contributed by atoms with Crippen LogP contribution in [0.3, 0.4) is 0 Å². The van der Waals surface area contributed by atoms with Crippen LogP contribution in [0.25, 0.3) is 0 Å². The molecule has 1 fully saturated rings. The molecule has 7 nitrogen and oxygen atoms in total. The number of thioether (sulfide) groups is 2. The lowest BCUT2D eigenvalue weighted by Gasteiger charge is -2.42. The fraction of sp³-hybridized carbons (Fsp3) is 0.542. The first-order valence-electron chi connectivity index (χ1n) is 11.3. The molecule has 1 saturated heterocycles. The summed E-state index contributed by atoms with van der Waals surface area (Å²) in [6.45, 7) is 14.2. The van der Waals surface area contributed by atoms with Gasteiger partial charge >= 0.3 is 11.7 Å². The molecule has 0 aliphatic carbocycles. The molecule has 0 bridgehead atoms. The number of aromatic amines is 1. The predicted molar refractivity (Wildman–Crippen MR) is 141 cm³/mol. The van der Waals surface area contributed by atoms with Crippen LogP contribution in [0.5, 0.6) is 0 Å². The average Bonchev–Trinajstić information content (AvgIpc) is 3.06. The maximum atomic E-state index is 12.7. The standard InChI is InChI=1S/C24H34N2O5S2Si/c1-16-14-26(22(29)25-21(16)28)20-13-19(31-34(6,7)23(3,4)5)24(33-20,15-30-17(2)27)32-18-11-9-8-10-12-18/h8-12,14,19-20H,13,15H2,1-7H3,(H,25,28,29)/t19-,20+,24-/m0/s1. The molecule has 34 heavy (non-hydrogen) atoms. The molecule has 2 aromatic rings. The van der Waals surface area contributed by atoms with Crippen LogP contribution in [0.4, 0.5) is 0 Å². The number of nitrogens with one attached hydrogen (secondary N) is 1. The highest BCUT2D eigenvalue weighted by molar-refractivity contribution is 8.18. The molecular weight excluding hydrogens is 488 g/mol. The summed E-state index contributed by atoms with van der Waals surface area (Å²) in [6.07, 6.45) is 1.87. The summed E-state index contributed by atoms with van der Waals surface area (Å²) >= 11 is 3.17. The van der Waals surface area contributed by atoms with Crippen molar-refractivity contribution >= 4 is 37.8 Å². The number of aromatic nitrogens is 2. The zero-order chi connectivity index (χ0) is 25.3. The lowest BCUT2D eigenvalue weighted by molar-refractivity contribution is -0.141. The third-order valence-corrected chi connectivity index (χ3v) is 14.2. The molecule has 0 spiro atoms. The Morgan fingerprint density at radius 2 is 1.91 bits per heavy atom. The maximum absolute atomic E-state index is 12.7. The number of hydrogen-bond donors (Lipinski definition) is 1. The van der Waals surface area contributed by atoms with Gasteiger partial charge in [-0.25, -0.2) is 4.79 Å². The second kappa shape index (κ2) is 10.1. The van der Waals surface area contributed by atoms with Crippen LogP contribution in [-0.4, -0.2) is 40.6 Å². The molecule has 1 aliphatic heterocycles. The number of rotatable bonds is 7. The van der Waals surface area contributed by atoms with E-state index in [1.807, 2.05) is 30.3 Å². The van der Waals surface area contributed by atoms with Crippen molar-refractivity contribution in [3.63, 3.8) is 0 Å². The smallest absolute Gasteiger partial charge is 0.329 e. The summed E-state index contributed by atoms with van der Waals surface area (Å²) in [5, 5.41) is -0.309. The average molecular weight is 523 g/mol. The van der Waals surface area contributed by atoms with Gasteiger partial charge in [0, 0.05) is 30.0 Å². The minimum atomic E-state index is -2.21. The van der Waals surface area contributed by atoms with Crippen LogP contribution in [0.2, 0.25) is 18.1 Å². The number of esters is 1. The molecule has 1 aromatic heterocycles. The van der Waals surface area contributed by atoms with Crippen molar-refractivity contribution in [3.05, 3.63) is 62.9 Å². The summed E-state index contributed by atoms with van der Waals surface area (Å²) in [7, 11) is -2.21. The number of hydrogen-bond acceptors (Lipinski definition) is 7. The molecule has 3 rings (SSSR count). The Bertz CT molecular complexity index is 1140. The molecule has 0 radical (unpaired) electrons. The van der Waals surface area contributed by atoms with Gasteiger partial charge in [-0.2, -0.15) is 0 Å². The molecule has 1 aliphatic rings. The van der Waals surface area contributed by atoms with Crippen molar-refractivity contribution in [2.75, 3.05) is 6.61 Å². The number of carbonyl (C=O) groups excluding carboxylic acids is 1. The number of aryl methyl sites for hydroxylation is 1. The highest BCUT2D eigenvalue weighted by Gasteiger charge is 2.54. The van der Waals surface area contributed by atoms with Crippen molar-refractivity contribution < 1.29 is 14.0 Å². The topological polar surface area (TPSA) is 90.4 Å². The van der Waals surface area contributed by atoms with E-state index in [9.17, 15) is 14.4 Å². The minimum absolute atomic E-state index is 0.0221. The zero-order valence-corrected chi connectivity index (χ0v) is 23.5. The van der Waals surface area contributed by atoms with Crippen LogP contribution in [0, 0.1) is 6.92 Å². The lowest BCUT2D eigenvalue weighted by atomic mass is 10.2. The quantitative estimate of drug-likeness (QED) is 0.408. The van der Waals surface area contributed by atoms with Gasteiger partial charge in [0.1, 0.15) is 10.7 Å². The number of carbonyl (C=O) groups is 1. The monoisotopic (exact) mass is 522 g/mol. The van der Waals surface area contributed by atoms with E-state index < -0.39 is 18.1 Å². The second-order valence-electron chi connectivity index (χ2n) is 10.2. The highest BCUT2D eigenvalue weighted by atomic mass is 32.2. The Morgan fingerprint density at radius 3 is 2.50 bits per heavy atom. The largest absolute Gasteiger partial charge is 0.463 e. The van der Waals surface area contributed by atoms with Crippen molar-refractivity contribution in [2.24, 2.45) is 0 Å². The molecule has 0 unspecified atom stereocenters. The first-order chi connectivity index (χ1) is 15.7. The van der Waals surface area contributed by atoms with Crippen LogP contribution < -0.4 is 11.2 Å². The van der Waals surface area contributed by atoms with E-state index >= 15 is 0 Å². The van der Waals surface area contributed by atoms with Crippen molar-refractivity contribution in [1.29, 1.82) is 0 Å². The molecule has 0 saturated carbocycles. The first-order valence-corrected chi connectivity index (χ1v) is 15.9. The maximum Gasteiger partial charge on any atom is 0.329 e. The van der Waals surface area contributed by atoms with Crippen LogP contribution in [-0.2, 0) is 14.0 Å². The predicted octanol–water partition coefficient (Wildman–Crippen LogP) is 4.92. The normalized spacial score (nSPS) is 23.1. The van der Waals surface area contributed by atoms with E-state index in [2.05, 4.69) is 38.8 Å². The second-order valence-corrected chi connectivity index (χ2v) is 18.1. The lowest BCUT2D eigenvalue weighted by Crippen LogP contribution is -2.49. The summed E-state index contributed by atoms with van der Waals surface area (Å²) in [6, 6.07) is 9.94. The number of benzene rings is 1. The third-order valence-electron chi connectivity index (χ3n) is 6.45. The molecule has 0 amide bonds. The van der Waals surface area contributed by atoms with Gasteiger partial charge in [0.25, 0.3) is 5.56 Å². The van der Waals surface area contributed by atoms with Crippen molar-refractivity contribution in [3.8, 4) is 0 Å². The SMILES string of the molecule is CC(=O)OC[C@]1(Sc2ccccc2)S[C@@H](n2cc(C)c(=O)[nH]c2=O)C[C@@H]1O[Si](C)(C)C(C)(C)C. The van der Waals surface area contributed by atoms with Crippen LogP contribution in [0.1, 0.15) is 45.1 Å². The van der Waals surface area contributed by atoms with Gasteiger partial charge in [-0.3, -0.25) is 19.1 Å². The third kappa shape index (κ3) is 5.90. The fourth-order valence-corrected chi connectivity index (χ4v) is 8.35. The van der Waals surface area contributed by atoms with E-state index in [-0.39, 0.29) is 34.7 Å². The Morgan fingerprint density at radius 1 is 1.26 bits per heavy atom. The number of nitrogens with zero attached hydrogens (tertiary/aromatic N) is 1. The summed E-state index contributed by atoms with van der Waals surface area (Å²) < 4.78 is 13.5. The summed E-state index contributed by atoms with van der Waals surface area (Å²) in [5.41, 5.74) is -0.370. The number of ether oxygens (including phenoxy) is 1. The van der Waals surface area contributed by atoms with Crippen LogP contribution >= 0.6 is 23.5 Å². The molecule has 10 heteroatoms. The van der Waals surface area contributed by atoms with E-state index in [1.54, 1.807) is 41.2 Å². The van der Waals surface area contributed by atoms with Crippen LogP contribution in [0.15, 0.2) is 51.0 Å². The highest BCUT2D eigenvalue weighted by Crippen LogP contribution is 2.59. The van der Waals surface area contributed by atoms with Gasteiger partial charge in [0.2, 0.25) is 0 Å². The van der Waals surface area contributed by atoms with E-state index in [0.29, 0.717) is 12.0 Å². The van der Waals surface area contributed by atoms with Gasteiger partial charge in [-0.1, -0.05) is 39.0 Å². The zero-order valence-electron chi connectivity index (χ0n) is 20.8. The first kappa shape index (κ1) is 26.8. The molecule has 186 valence electrons. The Labute approximate surface area is 210 Å². The van der Waals surface area contributed by atoms with E-state index in [4.69, 9.17) is 9.16 Å². The molecule has 3 atom stereocenters. The minimum Gasteiger partial charge on any atom is -0.463 e. The Hall–Kier alpha value is -1.75. The number of H-pyrrole nitrogens is 1. The van der Waals surface area contributed by atoms with Gasteiger partial charge < -0.3 is 9.16 Å². The summed E-state index contributed by atoms with van der Waals surface area (Å²) in [4.78, 5) is 40.0. The molecule has 2 heterocycles.